The van der Waals surface area contributed by atoms with Crippen LogP contribution in [0.25, 0.3) is 0 Å². The van der Waals surface area contributed by atoms with Gasteiger partial charge in [-0.05, 0) is 6.42 Å². The molecule has 0 saturated carbocycles. The molecule has 0 radical (unpaired) electrons. The van der Waals surface area contributed by atoms with Gasteiger partial charge in [-0.3, -0.25) is 10.1 Å². The van der Waals surface area contributed by atoms with E-state index in [4.69, 9.17) is 28.3 Å². The van der Waals surface area contributed by atoms with Crippen molar-refractivity contribution >= 4 is 34.6 Å². The van der Waals surface area contributed by atoms with Gasteiger partial charge in [0.25, 0.3) is 5.69 Å². The lowest BCUT2D eigenvalue weighted by molar-refractivity contribution is -0.384. The van der Waals surface area contributed by atoms with Gasteiger partial charge in [0.1, 0.15) is 0 Å². The van der Waals surface area contributed by atoms with Crippen LogP contribution in [-0.4, -0.2) is 29.7 Å². The van der Waals surface area contributed by atoms with Crippen LogP contribution in [0.5, 0.6) is 0 Å². The zero-order valence-electron chi connectivity index (χ0n) is 10.6. The van der Waals surface area contributed by atoms with Gasteiger partial charge in [-0.2, -0.15) is 0 Å². The third kappa shape index (κ3) is 4.23. The first-order chi connectivity index (χ1) is 9.01. The van der Waals surface area contributed by atoms with Crippen LogP contribution in [0.15, 0.2) is 12.1 Å². The van der Waals surface area contributed by atoms with Gasteiger partial charge < -0.3 is 10.0 Å². The molecular weight excluding hydrogens is 291 g/mol. The number of benzene rings is 1. The Bertz CT molecular complexity index is 432. The topological polar surface area (TPSA) is 66.6 Å². The van der Waals surface area contributed by atoms with Crippen LogP contribution in [0, 0.1) is 10.1 Å². The predicted molar refractivity (Wildman–Crippen MR) is 77.3 cm³/mol. The summed E-state index contributed by atoms with van der Waals surface area (Å²) in [4.78, 5) is 12.0. The zero-order valence-corrected chi connectivity index (χ0v) is 12.1. The molecule has 1 N–H and O–H groups in total. The molecule has 0 amide bonds. The summed E-state index contributed by atoms with van der Waals surface area (Å²) in [6.07, 6.45) is 1.91. The molecule has 0 unspecified atom stereocenters. The lowest BCUT2D eigenvalue weighted by Gasteiger charge is -2.25. The average molecular weight is 307 g/mol. The van der Waals surface area contributed by atoms with Gasteiger partial charge >= 0.3 is 0 Å². The van der Waals surface area contributed by atoms with Crippen LogP contribution >= 0.6 is 23.2 Å². The number of aliphatic hydroxyl groups excluding tert-OH is 1. The molecule has 0 bridgehead atoms. The first-order valence-electron chi connectivity index (χ1n) is 6.00. The highest BCUT2D eigenvalue weighted by atomic mass is 35.5. The number of anilines is 1. The number of halogens is 2. The van der Waals surface area contributed by atoms with Crippen molar-refractivity contribution in [1.82, 2.24) is 0 Å². The molecule has 0 atom stereocenters. The van der Waals surface area contributed by atoms with Crippen LogP contribution in [0.3, 0.4) is 0 Å². The van der Waals surface area contributed by atoms with Gasteiger partial charge in [-0.15, -0.1) is 0 Å². The summed E-state index contributed by atoms with van der Waals surface area (Å²) < 4.78 is 0. The molecule has 0 spiro atoms. The third-order valence-electron chi connectivity index (χ3n) is 2.68. The summed E-state index contributed by atoms with van der Waals surface area (Å²) in [6.45, 7) is 3.09. The van der Waals surface area contributed by atoms with Crippen LogP contribution in [0.1, 0.15) is 19.8 Å². The number of nitrogens with zero attached hydrogens (tertiary/aromatic N) is 2. The fourth-order valence-electron chi connectivity index (χ4n) is 1.76. The van der Waals surface area contributed by atoms with Crippen molar-refractivity contribution in [2.75, 3.05) is 24.6 Å². The summed E-state index contributed by atoms with van der Waals surface area (Å²) in [5.41, 5.74) is 0.398. The number of rotatable bonds is 7. The highest BCUT2D eigenvalue weighted by molar-refractivity contribution is 6.39. The average Bonchev–Trinajstić information content (AvgIpc) is 2.34. The van der Waals surface area contributed by atoms with Crippen molar-refractivity contribution in [2.24, 2.45) is 0 Å². The lowest BCUT2D eigenvalue weighted by atomic mass is 10.2. The van der Waals surface area contributed by atoms with Gasteiger partial charge in [0.15, 0.2) is 0 Å². The normalized spacial score (nSPS) is 10.5. The SMILES string of the molecule is CCCCN(CCO)c1c(Cl)cc([N+](=O)[O-])cc1Cl. The molecule has 0 saturated heterocycles. The van der Waals surface area contributed by atoms with Gasteiger partial charge in [0.2, 0.25) is 0 Å². The molecule has 0 aliphatic carbocycles. The quantitative estimate of drug-likeness (QED) is 0.618. The number of nitro groups is 1. The molecule has 0 aromatic heterocycles. The molecule has 19 heavy (non-hydrogen) atoms. The Labute approximate surface area is 121 Å². The van der Waals surface area contributed by atoms with E-state index in [1.165, 1.54) is 12.1 Å². The smallest absolute Gasteiger partial charge is 0.272 e. The van der Waals surface area contributed by atoms with Crippen LogP contribution in [-0.2, 0) is 0 Å². The Morgan fingerprint density at radius 1 is 1.32 bits per heavy atom. The predicted octanol–water partition coefficient (Wildman–Crippen LogP) is 3.50. The first-order valence-corrected chi connectivity index (χ1v) is 6.76. The Hall–Kier alpha value is -1.04. The van der Waals surface area contributed by atoms with Crippen molar-refractivity contribution in [2.45, 2.75) is 19.8 Å². The molecule has 0 aliphatic rings. The van der Waals surface area contributed by atoms with Crippen molar-refractivity contribution in [1.29, 1.82) is 0 Å². The van der Waals surface area contributed by atoms with E-state index < -0.39 is 4.92 Å². The summed E-state index contributed by atoms with van der Waals surface area (Å²) in [6, 6.07) is 2.55. The maximum Gasteiger partial charge on any atom is 0.272 e. The van der Waals surface area contributed by atoms with Gasteiger partial charge in [-0.1, -0.05) is 36.5 Å². The number of hydrogen-bond donors (Lipinski definition) is 1. The number of aliphatic hydroxyl groups is 1. The fourth-order valence-corrected chi connectivity index (χ4v) is 2.48. The minimum atomic E-state index is -0.538. The monoisotopic (exact) mass is 306 g/mol. The lowest BCUT2D eigenvalue weighted by Crippen LogP contribution is -2.28. The minimum Gasteiger partial charge on any atom is -0.395 e. The summed E-state index contributed by atoms with van der Waals surface area (Å²) >= 11 is 12.2. The summed E-state index contributed by atoms with van der Waals surface area (Å²) in [5.74, 6) is 0. The van der Waals surface area contributed by atoms with Crippen LogP contribution < -0.4 is 4.90 Å². The highest BCUT2D eigenvalue weighted by Gasteiger charge is 2.18. The summed E-state index contributed by atoms with van der Waals surface area (Å²) in [5, 5.41) is 20.3. The van der Waals surface area contributed by atoms with E-state index in [-0.39, 0.29) is 22.3 Å². The molecule has 7 heteroatoms. The van der Waals surface area contributed by atoms with Gasteiger partial charge in [0.05, 0.1) is 27.3 Å². The molecule has 1 aromatic rings. The van der Waals surface area contributed by atoms with E-state index >= 15 is 0 Å². The second kappa shape index (κ2) is 7.53. The number of unbranched alkanes of at least 4 members (excludes halogenated alkanes) is 1. The Kier molecular flexibility index (Phi) is 6.34. The first kappa shape index (κ1) is 16.0. The van der Waals surface area contributed by atoms with Crippen LogP contribution in [0.4, 0.5) is 11.4 Å². The van der Waals surface area contributed by atoms with Crippen molar-refractivity contribution in [3.05, 3.63) is 32.3 Å². The third-order valence-corrected chi connectivity index (χ3v) is 3.26. The number of non-ortho nitro benzene ring substituents is 1. The highest BCUT2D eigenvalue weighted by Crippen LogP contribution is 2.37. The van der Waals surface area contributed by atoms with Crippen molar-refractivity contribution < 1.29 is 10.0 Å². The van der Waals surface area contributed by atoms with E-state index in [1.54, 1.807) is 0 Å². The van der Waals surface area contributed by atoms with Gasteiger partial charge in [0, 0.05) is 25.2 Å². The largest absolute Gasteiger partial charge is 0.395 e. The Morgan fingerprint density at radius 3 is 2.32 bits per heavy atom. The van der Waals surface area contributed by atoms with E-state index in [9.17, 15) is 10.1 Å². The Morgan fingerprint density at radius 2 is 1.89 bits per heavy atom. The second-order valence-corrected chi connectivity index (χ2v) is 4.89. The molecule has 0 heterocycles. The maximum absolute atomic E-state index is 10.7. The fraction of sp³-hybridized carbons (Fsp3) is 0.500. The molecule has 106 valence electrons. The number of hydrogen-bond acceptors (Lipinski definition) is 4. The van der Waals surface area contributed by atoms with Gasteiger partial charge in [-0.25, -0.2) is 0 Å². The van der Waals surface area contributed by atoms with E-state index in [0.29, 0.717) is 18.8 Å². The van der Waals surface area contributed by atoms with Crippen LogP contribution in [0.2, 0.25) is 10.0 Å². The Balaban J connectivity index is 3.11. The molecule has 0 fully saturated rings. The summed E-state index contributed by atoms with van der Waals surface area (Å²) in [7, 11) is 0. The number of nitro benzene ring substituents is 1. The maximum atomic E-state index is 10.7. The molecule has 1 aromatic carbocycles. The van der Waals surface area contributed by atoms with E-state index in [2.05, 4.69) is 6.92 Å². The van der Waals surface area contributed by atoms with E-state index in [0.717, 1.165) is 12.8 Å². The molecule has 1 rings (SSSR count). The van der Waals surface area contributed by atoms with Crippen molar-refractivity contribution in [3.8, 4) is 0 Å². The second-order valence-electron chi connectivity index (χ2n) is 4.08. The van der Waals surface area contributed by atoms with E-state index in [1.807, 2.05) is 4.90 Å². The molecule has 5 nitrogen and oxygen atoms in total. The minimum absolute atomic E-state index is 0.0344. The molecular formula is C12H16Cl2N2O3. The van der Waals surface area contributed by atoms with Crippen molar-refractivity contribution in [3.63, 3.8) is 0 Å². The standard InChI is InChI=1S/C12H16Cl2N2O3/c1-2-3-4-15(5-6-17)12-10(13)7-9(16(18)19)8-11(12)14/h7-8,17H,2-6H2,1H3. The zero-order chi connectivity index (χ0) is 14.4. The molecule has 0 aliphatic heterocycles.